The molecule has 0 spiro atoms. The number of benzene rings is 1. The molecule has 25 heavy (non-hydrogen) atoms. The second-order valence-electron chi connectivity index (χ2n) is 5.14. The molecule has 3 rings (SSSR count). The monoisotopic (exact) mass is 414 g/mol. The van der Waals surface area contributed by atoms with Gasteiger partial charge in [0.15, 0.2) is 0 Å². The first kappa shape index (κ1) is 17.9. The molecule has 2 aromatic heterocycles. The number of primary amides is 1. The Balaban J connectivity index is 1.82. The molecule has 0 saturated carbocycles. The van der Waals surface area contributed by atoms with Crippen LogP contribution in [0.2, 0.25) is 9.36 Å². The van der Waals surface area contributed by atoms with E-state index in [-0.39, 0.29) is 5.69 Å². The summed E-state index contributed by atoms with van der Waals surface area (Å²) in [5.74, 6) is -0.506. The van der Waals surface area contributed by atoms with Gasteiger partial charge in [-0.1, -0.05) is 23.2 Å². The number of hydrogen-bond donors (Lipinski definition) is 2. The van der Waals surface area contributed by atoms with Crippen LogP contribution in [-0.4, -0.2) is 29.0 Å². The van der Waals surface area contributed by atoms with Gasteiger partial charge in [0, 0.05) is 28.6 Å². The zero-order chi connectivity index (χ0) is 18.1. The number of thiophene rings is 1. The largest absolute Gasteiger partial charge is 0.350 e. The van der Waals surface area contributed by atoms with E-state index in [1.165, 1.54) is 29.7 Å². The zero-order valence-corrected chi connectivity index (χ0v) is 16.0. The lowest BCUT2D eigenvalue weighted by molar-refractivity contribution is 0.0854. The maximum atomic E-state index is 12.0. The molecule has 0 saturated heterocycles. The number of amides is 3. The highest BCUT2D eigenvalue weighted by molar-refractivity contribution is 7.23. The highest BCUT2D eigenvalue weighted by Crippen LogP contribution is 2.38. The number of thiazole rings is 1. The Hall–Kier alpha value is -1.87. The average molecular weight is 415 g/mol. The van der Waals surface area contributed by atoms with E-state index in [4.69, 9.17) is 28.9 Å². The van der Waals surface area contributed by atoms with Crippen LogP contribution in [0.3, 0.4) is 0 Å². The summed E-state index contributed by atoms with van der Waals surface area (Å²) >= 11 is 15.3. The SMILES string of the molecule is CN(NC(=O)c1csc(Cc2c(Cl)sc3ccc(Cl)cc23)n1)C(N)=O. The average Bonchev–Trinajstić information content (AvgIpc) is 3.13. The van der Waals surface area contributed by atoms with Crippen molar-refractivity contribution in [1.82, 2.24) is 15.4 Å². The van der Waals surface area contributed by atoms with E-state index in [9.17, 15) is 9.59 Å². The van der Waals surface area contributed by atoms with Crippen molar-refractivity contribution in [3.8, 4) is 0 Å². The van der Waals surface area contributed by atoms with Crippen molar-refractivity contribution in [3.05, 3.63) is 49.2 Å². The molecular formula is C15H12Cl2N4O2S2. The number of nitrogens with one attached hydrogen (secondary N) is 1. The topological polar surface area (TPSA) is 88.3 Å². The standard InChI is InChI=1S/C15H12Cl2N4O2S2/c1-21(15(18)23)20-14(22)10-6-24-12(19-10)5-9-8-4-7(16)2-3-11(8)25-13(9)17/h2-4,6H,5H2,1H3,(H2,18,23)(H,20,22). The number of hydrogen-bond acceptors (Lipinski definition) is 5. The summed E-state index contributed by atoms with van der Waals surface area (Å²) in [6.07, 6.45) is 0.489. The van der Waals surface area contributed by atoms with Gasteiger partial charge in [0.1, 0.15) is 5.69 Å². The molecule has 0 atom stereocenters. The Morgan fingerprint density at radius 3 is 2.84 bits per heavy atom. The number of carbonyl (C=O) groups is 2. The number of nitrogens with zero attached hydrogens (tertiary/aromatic N) is 2. The zero-order valence-electron chi connectivity index (χ0n) is 12.9. The fourth-order valence-electron chi connectivity index (χ4n) is 2.17. The molecule has 0 fully saturated rings. The number of nitrogens with two attached hydrogens (primary N) is 1. The third-order valence-electron chi connectivity index (χ3n) is 3.42. The third-order valence-corrected chi connectivity index (χ3v) is 5.96. The van der Waals surface area contributed by atoms with E-state index >= 15 is 0 Å². The second-order valence-corrected chi connectivity index (χ2v) is 8.17. The summed E-state index contributed by atoms with van der Waals surface area (Å²) in [5, 5.41) is 4.86. The van der Waals surface area contributed by atoms with Crippen molar-refractivity contribution in [2.24, 2.45) is 5.73 Å². The summed E-state index contributed by atoms with van der Waals surface area (Å²) in [7, 11) is 1.36. The fraction of sp³-hybridized carbons (Fsp3) is 0.133. The van der Waals surface area contributed by atoms with Crippen molar-refractivity contribution >= 4 is 67.9 Å². The predicted molar refractivity (Wildman–Crippen MR) is 102 cm³/mol. The molecule has 0 unspecified atom stereocenters. The molecule has 3 N–H and O–H groups in total. The van der Waals surface area contributed by atoms with Crippen molar-refractivity contribution in [2.75, 3.05) is 7.05 Å². The number of aromatic nitrogens is 1. The second kappa shape index (κ2) is 7.17. The summed E-state index contributed by atoms with van der Waals surface area (Å²) in [4.78, 5) is 27.3. The fourth-order valence-corrected chi connectivity index (χ4v) is 4.47. The highest BCUT2D eigenvalue weighted by Gasteiger charge is 2.17. The molecule has 0 radical (unpaired) electrons. The molecule has 130 valence electrons. The van der Waals surface area contributed by atoms with E-state index in [0.717, 1.165) is 25.7 Å². The first-order valence-electron chi connectivity index (χ1n) is 7.00. The summed E-state index contributed by atoms with van der Waals surface area (Å²) in [6, 6.07) is 4.86. The van der Waals surface area contributed by atoms with Crippen molar-refractivity contribution in [3.63, 3.8) is 0 Å². The van der Waals surface area contributed by atoms with Crippen molar-refractivity contribution < 1.29 is 9.59 Å². The van der Waals surface area contributed by atoms with E-state index in [2.05, 4.69) is 10.4 Å². The molecule has 10 heteroatoms. The minimum Gasteiger partial charge on any atom is -0.350 e. The molecule has 0 bridgehead atoms. The van der Waals surface area contributed by atoms with Crippen LogP contribution in [0.1, 0.15) is 21.1 Å². The van der Waals surface area contributed by atoms with Gasteiger partial charge in [0.25, 0.3) is 5.91 Å². The summed E-state index contributed by atoms with van der Waals surface area (Å²) in [6.45, 7) is 0. The van der Waals surface area contributed by atoms with Crippen LogP contribution in [-0.2, 0) is 6.42 Å². The van der Waals surface area contributed by atoms with Gasteiger partial charge in [0.05, 0.1) is 9.34 Å². The predicted octanol–water partition coefficient (Wildman–Crippen LogP) is 3.91. The maximum Gasteiger partial charge on any atom is 0.333 e. The Kier molecular flexibility index (Phi) is 5.14. The number of urea groups is 1. The van der Waals surface area contributed by atoms with Crippen LogP contribution >= 0.6 is 45.9 Å². The minimum atomic E-state index is -0.766. The number of carbonyl (C=O) groups excluding carboxylic acids is 2. The highest BCUT2D eigenvalue weighted by atomic mass is 35.5. The van der Waals surface area contributed by atoms with Crippen LogP contribution in [0.25, 0.3) is 10.1 Å². The van der Waals surface area contributed by atoms with Gasteiger partial charge >= 0.3 is 6.03 Å². The molecule has 3 amide bonds. The van der Waals surface area contributed by atoms with Gasteiger partial charge in [-0.2, -0.15) is 0 Å². The normalized spacial score (nSPS) is 10.8. The lowest BCUT2D eigenvalue weighted by Crippen LogP contribution is -2.46. The molecular weight excluding hydrogens is 403 g/mol. The number of rotatable bonds is 3. The van der Waals surface area contributed by atoms with Crippen molar-refractivity contribution in [1.29, 1.82) is 0 Å². The van der Waals surface area contributed by atoms with Crippen LogP contribution in [0.4, 0.5) is 4.79 Å². The van der Waals surface area contributed by atoms with E-state index in [1.807, 2.05) is 18.2 Å². The van der Waals surface area contributed by atoms with Crippen LogP contribution in [0.5, 0.6) is 0 Å². The van der Waals surface area contributed by atoms with Crippen LogP contribution in [0, 0.1) is 0 Å². The summed E-state index contributed by atoms with van der Waals surface area (Å²) in [5.41, 5.74) is 8.55. The lowest BCUT2D eigenvalue weighted by atomic mass is 10.1. The Labute approximate surface area is 161 Å². The van der Waals surface area contributed by atoms with E-state index in [1.54, 1.807) is 5.38 Å². The number of hydrazine groups is 1. The third kappa shape index (κ3) is 3.87. The first-order valence-corrected chi connectivity index (χ1v) is 9.45. The van der Waals surface area contributed by atoms with Crippen molar-refractivity contribution in [2.45, 2.75) is 6.42 Å². The number of fused-ring (bicyclic) bond motifs is 1. The molecule has 6 nitrogen and oxygen atoms in total. The molecule has 0 aliphatic carbocycles. The Bertz CT molecular complexity index is 970. The van der Waals surface area contributed by atoms with Gasteiger partial charge in [-0.15, -0.1) is 22.7 Å². The molecule has 0 aliphatic rings. The maximum absolute atomic E-state index is 12.0. The van der Waals surface area contributed by atoms with Gasteiger partial charge in [0.2, 0.25) is 0 Å². The van der Waals surface area contributed by atoms with Gasteiger partial charge < -0.3 is 5.73 Å². The van der Waals surface area contributed by atoms with Gasteiger partial charge in [-0.25, -0.2) is 14.8 Å². The molecule has 0 aliphatic heterocycles. The van der Waals surface area contributed by atoms with E-state index in [0.29, 0.717) is 15.8 Å². The van der Waals surface area contributed by atoms with Gasteiger partial charge in [-0.3, -0.25) is 10.2 Å². The Morgan fingerprint density at radius 2 is 2.12 bits per heavy atom. The minimum absolute atomic E-state index is 0.210. The first-order chi connectivity index (χ1) is 11.8. The quantitative estimate of drug-likeness (QED) is 0.636. The van der Waals surface area contributed by atoms with Gasteiger partial charge in [-0.05, 0) is 29.1 Å². The van der Waals surface area contributed by atoms with E-state index < -0.39 is 11.9 Å². The number of halogens is 2. The van der Waals surface area contributed by atoms with Crippen LogP contribution in [0.15, 0.2) is 23.6 Å². The van der Waals surface area contributed by atoms with Crippen LogP contribution < -0.4 is 11.2 Å². The molecule has 3 aromatic rings. The lowest BCUT2D eigenvalue weighted by Gasteiger charge is -2.13. The molecule has 1 aromatic carbocycles. The molecule has 2 heterocycles. The Morgan fingerprint density at radius 1 is 1.36 bits per heavy atom. The smallest absolute Gasteiger partial charge is 0.333 e. The summed E-state index contributed by atoms with van der Waals surface area (Å²) < 4.78 is 1.72.